The zero-order chi connectivity index (χ0) is 15.2. The molecule has 6 heteroatoms. The lowest BCUT2D eigenvalue weighted by Crippen LogP contribution is -2.41. The molecular formula is C15H22N2O4. The highest BCUT2D eigenvalue weighted by Crippen LogP contribution is 2.34. The third-order valence-corrected chi connectivity index (χ3v) is 3.80. The molecule has 0 bridgehead atoms. The summed E-state index contributed by atoms with van der Waals surface area (Å²) in [7, 11) is 0. The van der Waals surface area contributed by atoms with Crippen molar-refractivity contribution in [2.45, 2.75) is 38.6 Å². The van der Waals surface area contributed by atoms with Gasteiger partial charge in [-0.3, -0.25) is 10.1 Å². The van der Waals surface area contributed by atoms with Crippen LogP contribution in [0.15, 0.2) is 18.2 Å². The lowest BCUT2D eigenvalue weighted by atomic mass is 9.91. The van der Waals surface area contributed by atoms with E-state index in [2.05, 4.69) is 4.90 Å². The van der Waals surface area contributed by atoms with Gasteiger partial charge in [-0.1, -0.05) is 0 Å². The summed E-state index contributed by atoms with van der Waals surface area (Å²) in [5.74, 6) is 0.523. The van der Waals surface area contributed by atoms with Crippen LogP contribution in [0.4, 0.5) is 11.4 Å². The highest BCUT2D eigenvalue weighted by Gasteiger charge is 2.26. The number of rotatable bonds is 8. The van der Waals surface area contributed by atoms with Crippen molar-refractivity contribution in [1.29, 1.82) is 0 Å². The molecule has 0 saturated heterocycles. The molecular weight excluding hydrogens is 272 g/mol. The van der Waals surface area contributed by atoms with Gasteiger partial charge in [0.2, 0.25) is 0 Å². The molecule has 0 aromatic heterocycles. The second-order valence-electron chi connectivity index (χ2n) is 5.23. The van der Waals surface area contributed by atoms with Gasteiger partial charge in [0, 0.05) is 37.0 Å². The summed E-state index contributed by atoms with van der Waals surface area (Å²) >= 11 is 0. The molecule has 21 heavy (non-hydrogen) atoms. The van der Waals surface area contributed by atoms with Crippen LogP contribution in [0, 0.1) is 10.1 Å². The van der Waals surface area contributed by atoms with Gasteiger partial charge in [0.25, 0.3) is 5.69 Å². The van der Waals surface area contributed by atoms with E-state index in [4.69, 9.17) is 9.84 Å². The van der Waals surface area contributed by atoms with Gasteiger partial charge in [-0.15, -0.1) is 0 Å². The summed E-state index contributed by atoms with van der Waals surface area (Å²) in [6.45, 7) is 3.15. The van der Waals surface area contributed by atoms with E-state index in [1.165, 1.54) is 12.5 Å². The molecule has 1 aliphatic carbocycles. The highest BCUT2D eigenvalue weighted by molar-refractivity contribution is 5.59. The average Bonchev–Trinajstić information content (AvgIpc) is 2.41. The lowest BCUT2D eigenvalue weighted by molar-refractivity contribution is -0.384. The Bertz CT molecular complexity index is 489. The van der Waals surface area contributed by atoms with Crippen molar-refractivity contribution in [3.63, 3.8) is 0 Å². The predicted molar refractivity (Wildman–Crippen MR) is 81.0 cm³/mol. The fraction of sp³-hybridized carbons (Fsp3) is 0.600. The fourth-order valence-electron chi connectivity index (χ4n) is 2.55. The smallest absolute Gasteiger partial charge is 0.275 e. The first-order valence-corrected chi connectivity index (χ1v) is 7.45. The van der Waals surface area contributed by atoms with Gasteiger partial charge in [-0.2, -0.15) is 0 Å². The van der Waals surface area contributed by atoms with Crippen LogP contribution in [-0.2, 0) is 0 Å². The quantitative estimate of drug-likeness (QED) is 0.589. The average molecular weight is 294 g/mol. The first kappa shape index (κ1) is 15.6. The zero-order valence-electron chi connectivity index (χ0n) is 12.3. The third kappa shape index (κ3) is 3.85. The monoisotopic (exact) mass is 294 g/mol. The molecule has 1 aromatic rings. The maximum absolute atomic E-state index is 11.1. The molecule has 0 radical (unpaired) electrons. The van der Waals surface area contributed by atoms with Crippen LogP contribution in [-0.4, -0.2) is 35.8 Å². The summed E-state index contributed by atoms with van der Waals surface area (Å²) in [6, 6.07) is 5.32. The summed E-state index contributed by atoms with van der Waals surface area (Å²) in [4.78, 5) is 12.9. The van der Waals surface area contributed by atoms with Crippen LogP contribution in [0.2, 0.25) is 0 Å². The van der Waals surface area contributed by atoms with Crippen LogP contribution in [0.5, 0.6) is 5.75 Å². The molecule has 6 nitrogen and oxygen atoms in total. The summed E-state index contributed by atoms with van der Waals surface area (Å²) in [6.07, 6.45) is 4.03. The Kier molecular flexibility index (Phi) is 5.38. The van der Waals surface area contributed by atoms with Gasteiger partial charge in [0.1, 0.15) is 5.75 Å². The van der Waals surface area contributed by atoms with Gasteiger partial charge < -0.3 is 14.7 Å². The van der Waals surface area contributed by atoms with E-state index in [-0.39, 0.29) is 12.3 Å². The minimum atomic E-state index is -0.392. The van der Waals surface area contributed by atoms with Crippen molar-refractivity contribution in [1.82, 2.24) is 0 Å². The molecule has 0 amide bonds. The van der Waals surface area contributed by atoms with E-state index >= 15 is 0 Å². The number of anilines is 1. The van der Waals surface area contributed by atoms with Crippen molar-refractivity contribution in [3.05, 3.63) is 28.3 Å². The van der Waals surface area contributed by atoms with Crippen molar-refractivity contribution in [2.24, 2.45) is 0 Å². The first-order valence-electron chi connectivity index (χ1n) is 7.45. The Morgan fingerprint density at radius 1 is 1.43 bits per heavy atom. The molecule has 2 rings (SSSR count). The molecule has 0 unspecified atom stereocenters. The number of hydrogen-bond acceptors (Lipinski definition) is 5. The Morgan fingerprint density at radius 3 is 2.71 bits per heavy atom. The normalized spacial score (nSPS) is 14.6. The number of nitro benzene ring substituents is 1. The van der Waals surface area contributed by atoms with Crippen LogP contribution >= 0.6 is 0 Å². The van der Waals surface area contributed by atoms with Gasteiger partial charge in [0.15, 0.2) is 0 Å². The summed E-state index contributed by atoms with van der Waals surface area (Å²) < 4.78 is 5.44. The van der Waals surface area contributed by atoms with Gasteiger partial charge in [0.05, 0.1) is 17.6 Å². The molecule has 1 fully saturated rings. The van der Waals surface area contributed by atoms with Crippen LogP contribution < -0.4 is 9.64 Å². The Balaban J connectivity index is 2.30. The van der Waals surface area contributed by atoms with Crippen molar-refractivity contribution < 1.29 is 14.8 Å². The molecule has 1 aromatic carbocycles. The highest BCUT2D eigenvalue weighted by atomic mass is 16.6. The lowest BCUT2D eigenvalue weighted by Gasteiger charge is -2.39. The number of aliphatic hydroxyl groups is 1. The number of aliphatic hydroxyl groups excluding tert-OH is 1. The SMILES string of the molecule is CCOc1cc(N(CCCO)C2CCC2)cc([N+](=O)[O-])c1. The maximum Gasteiger partial charge on any atom is 0.275 e. The van der Waals surface area contributed by atoms with E-state index in [9.17, 15) is 10.1 Å². The molecule has 1 N–H and O–H groups in total. The number of nitro groups is 1. The molecule has 0 heterocycles. The first-order chi connectivity index (χ1) is 10.2. The second kappa shape index (κ2) is 7.26. The second-order valence-corrected chi connectivity index (χ2v) is 5.23. The van der Waals surface area contributed by atoms with Crippen molar-refractivity contribution >= 4 is 11.4 Å². The Labute approximate surface area is 124 Å². The standard InChI is InChI=1S/C15H22N2O4/c1-2-21-15-10-13(9-14(11-15)17(19)20)16(7-4-8-18)12-5-3-6-12/h9-12,18H,2-8H2,1H3. The molecule has 1 aliphatic rings. The maximum atomic E-state index is 11.1. The fourth-order valence-corrected chi connectivity index (χ4v) is 2.55. The Morgan fingerprint density at radius 2 is 2.19 bits per heavy atom. The molecule has 0 atom stereocenters. The predicted octanol–water partition coefficient (Wildman–Crippen LogP) is 2.73. The van der Waals surface area contributed by atoms with E-state index in [1.807, 2.05) is 13.0 Å². The number of hydrogen-bond donors (Lipinski definition) is 1. The third-order valence-electron chi connectivity index (χ3n) is 3.80. The topological polar surface area (TPSA) is 75.8 Å². The largest absolute Gasteiger partial charge is 0.494 e. The van der Waals surface area contributed by atoms with Crippen LogP contribution in [0.3, 0.4) is 0 Å². The van der Waals surface area contributed by atoms with Gasteiger partial charge in [-0.05, 0) is 32.6 Å². The van der Waals surface area contributed by atoms with E-state index in [0.29, 0.717) is 31.4 Å². The van der Waals surface area contributed by atoms with Crippen LogP contribution in [0.1, 0.15) is 32.6 Å². The van der Waals surface area contributed by atoms with Crippen molar-refractivity contribution in [2.75, 3.05) is 24.7 Å². The number of benzene rings is 1. The number of ether oxygens (including phenoxy) is 1. The molecule has 116 valence electrons. The minimum Gasteiger partial charge on any atom is -0.494 e. The zero-order valence-corrected chi connectivity index (χ0v) is 12.3. The Hall–Kier alpha value is -1.82. The van der Waals surface area contributed by atoms with E-state index in [0.717, 1.165) is 18.5 Å². The molecule has 1 saturated carbocycles. The number of non-ortho nitro benzene ring substituents is 1. The summed E-state index contributed by atoms with van der Waals surface area (Å²) in [5.41, 5.74) is 0.857. The minimum absolute atomic E-state index is 0.0456. The van der Waals surface area contributed by atoms with E-state index < -0.39 is 4.92 Å². The summed E-state index contributed by atoms with van der Waals surface area (Å²) in [5, 5.41) is 20.1. The van der Waals surface area contributed by atoms with Gasteiger partial charge >= 0.3 is 0 Å². The van der Waals surface area contributed by atoms with Crippen molar-refractivity contribution in [3.8, 4) is 5.75 Å². The van der Waals surface area contributed by atoms with Crippen LogP contribution in [0.25, 0.3) is 0 Å². The van der Waals surface area contributed by atoms with E-state index in [1.54, 1.807) is 6.07 Å². The number of nitrogens with zero attached hydrogens (tertiary/aromatic N) is 2. The molecule has 0 spiro atoms. The molecule has 0 aliphatic heterocycles. The van der Waals surface area contributed by atoms with Gasteiger partial charge in [-0.25, -0.2) is 0 Å².